The largest absolute Gasteiger partial charge is 0.505 e. The summed E-state index contributed by atoms with van der Waals surface area (Å²) in [4.78, 5) is 29.5. The summed E-state index contributed by atoms with van der Waals surface area (Å²) in [6, 6.07) is 34.5. The lowest BCUT2D eigenvalue weighted by Crippen LogP contribution is -2.50. The molecule has 1 amide bonds. The molecule has 2 aromatic heterocycles. The fraction of sp³-hybridized carbons (Fsp3) is 0.358. The number of rotatable bonds is 11. The molecule has 334 valence electrons. The third-order valence-electron chi connectivity index (χ3n) is 13.2. The normalized spacial score (nSPS) is 18.0. The number of carbonyl (C=O) groups is 1. The van der Waals surface area contributed by atoms with Gasteiger partial charge in [0.15, 0.2) is 0 Å². The maximum atomic E-state index is 16.7. The van der Waals surface area contributed by atoms with Crippen LogP contribution in [0.25, 0.3) is 32.9 Å². The smallest absolute Gasteiger partial charge is 0.410 e. The maximum absolute atomic E-state index is 16.7. The number of hydrogen-bond acceptors (Lipinski definition) is 9. The number of aromatic hydroxyl groups is 1. The molecule has 3 fully saturated rings. The molecule has 1 aliphatic carbocycles. The molecular weight excluding hydrogens is 818 g/mol. The number of nitrogens with zero attached hydrogens (tertiary/aromatic N) is 7. The monoisotopic (exact) mass is 873 g/mol. The predicted octanol–water partition coefficient (Wildman–Crippen LogP) is 10.0. The van der Waals surface area contributed by atoms with Crippen molar-refractivity contribution in [1.82, 2.24) is 29.5 Å². The van der Waals surface area contributed by atoms with E-state index in [0.29, 0.717) is 63.9 Å². The van der Waals surface area contributed by atoms with Gasteiger partial charge in [0.2, 0.25) is 0 Å². The molecule has 11 nitrogen and oxygen atoms in total. The third-order valence-corrected chi connectivity index (χ3v) is 13.2. The van der Waals surface area contributed by atoms with Gasteiger partial charge in [-0.3, -0.25) is 4.68 Å². The van der Waals surface area contributed by atoms with E-state index in [4.69, 9.17) is 24.5 Å². The van der Waals surface area contributed by atoms with Crippen LogP contribution in [-0.2, 0) is 10.3 Å². The van der Waals surface area contributed by atoms with Crippen LogP contribution in [0.5, 0.6) is 11.8 Å². The van der Waals surface area contributed by atoms with Gasteiger partial charge in [-0.15, -0.1) is 0 Å². The number of phenolic OH excluding ortho intramolecular Hbond substituents is 1. The molecule has 2 bridgehead atoms. The number of hydrogen-bond donors (Lipinski definition) is 1. The molecule has 2 saturated heterocycles. The molecule has 1 N–H and O–H groups in total. The van der Waals surface area contributed by atoms with Crippen LogP contribution in [0.1, 0.15) is 80.7 Å². The van der Waals surface area contributed by atoms with Crippen molar-refractivity contribution in [2.75, 3.05) is 38.6 Å². The van der Waals surface area contributed by atoms with Crippen molar-refractivity contribution in [1.29, 1.82) is 0 Å². The molecule has 65 heavy (non-hydrogen) atoms. The van der Waals surface area contributed by atoms with Gasteiger partial charge in [0, 0.05) is 53.8 Å². The lowest BCUT2D eigenvalue weighted by Gasteiger charge is -2.36. The zero-order chi connectivity index (χ0) is 45.4. The second kappa shape index (κ2) is 16.2. The second-order valence-electron chi connectivity index (χ2n) is 19.4. The molecule has 0 radical (unpaired) electrons. The summed E-state index contributed by atoms with van der Waals surface area (Å²) in [7, 11) is 3.96. The van der Waals surface area contributed by atoms with Crippen LogP contribution in [-0.4, -0.2) is 98.3 Å². The van der Waals surface area contributed by atoms with Gasteiger partial charge < -0.3 is 29.3 Å². The lowest BCUT2D eigenvalue weighted by molar-refractivity contribution is 0.0214. The minimum Gasteiger partial charge on any atom is -0.505 e. The SMILES string of the molecule is Cc1c(F)cc2nn(C(c3ccccc3)(c3ccccc3)c3ccccc3)cc2c1-c1c(C2CC2)cc2c(N3C[C@@H]4C[C@H]3CN4C(=O)OC(C)(C)C)nc(O[C@H](C)CN(C)C)nc2c1O. The van der Waals surface area contributed by atoms with Gasteiger partial charge in [-0.25, -0.2) is 9.18 Å². The van der Waals surface area contributed by atoms with Crippen LogP contribution in [0.3, 0.4) is 0 Å². The Balaban J connectivity index is 1.18. The van der Waals surface area contributed by atoms with Crippen molar-refractivity contribution in [3.63, 3.8) is 0 Å². The van der Waals surface area contributed by atoms with Crippen molar-refractivity contribution < 1.29 is 23.8 Å². The van der Waals surface area contributed by atoms with Crippen LogP contribution in [0, 0.1) is 12.7 Å². The predicted molar refractivity (Wildman–Crippen MR) is 252 cm³/mol. The number of likely N-dealkylation sites (N-methyl/N-ethyl adjacent to an activating group) is 1. The zero-order valence-electron chi connectivity index (χ0n) is 38.1. The molecule has 12 heteroatoms. The summed E-state index contributed by atoms with van der Waals surface area (Å²) in [5.41, 5.74) is 4.64. The molecule has 7 aromatic rings. The van der Waals surface area contributed by atoms with Crippen LogP contribution in [0.15, 0.2) is 109 Å². The van der Waals surface area contributed by atoms with Crippen molar-refractivity contribution >= 4 is 33.7 Å². The Morgan fingerprint density at radius 1 is 0.862 bits per heavy atom. The molecule has 0 spiro atoms. The van der Waals surface area contributed by atoms with E-state index in [1.807, 2.05) is 117 Å². The molecule has 3 aliphatic rings. The number of anilines is 1. The lowest BCUT2D eigenvalue weighted by atomic mass is 9.77. The Hall–Kier alpha value is -6.53. The van der Waals surface area contributed by atoms with Gasteiger partial charge >= 0.3 is 12.1 Å². The number of fused-ring (bicyclic) bond motifs is 4. The Morgan fingerprint density at radius 3 is 2.02 bits per heavy atom. The number of ether oxygens (including phenoxy) is 2. The second-order valence-corrected chi connectivity index (χ2v) is 19.4. The summed E-state index contributed by atoms with van der Waals surface area (Å²) in [5.74, 6) is 0.304. The minimum absolute atomic E-state index is 0.0288. The standard InChI is InChI=1S/C53H56FN7O4/c1-32(28-58(6)7)64-50-55-47-41(49(56-50)59-29-39-25-38(59)30-60(39)51(63)65-52(3,4)5)26-40(34-23-24-34)46(48(47)62)45-33(2)43(54)27-44-42(45)31-61(57-44)53(35-17-11-8-12-18-35,36-19-13-9-14-20-36)37-21-15-10-16-22-37/h8-22,26-27,31-32,34,38-39,62H,23-25,28-30H2,1-7H3/t32-,38+,39+/m1/s1. The zero-order valence-corrected chi connectivity index (χ0v) is 38.1. The quantitative estimate of drug-likeness (QED) is 0.127. The fourth-order valence-electron chi connectivity index (χ4n) is 10.4. The number of benzene rings is 5. The van der Waals surface area contributed by atoms with Crippen molar-refractivity contribution in [3.05, 3.63) is 143 Å². The van der Waals surface area contributed by atoms with Gasteiger partial charge in [0.05, 0.1) is 17.6 Å². The highest BCUT2D eigenvalue weighted by molar-refractivity contribution is 6.06. The number of amides is 1. The van der Waals surface area contributed by atoms with E-state index in [9.17, 15) is 9.90 Å². The average Bonchev–Trinajstić information content (AvgIpc) is 3.71. The number of carbonyl (C=O) groups excluding carboxylic acids is 1. The number of piperazine rings is 1. The number of likely N-dealkylation sites (tertiary alicyclic amines) is 1. The third kappa shape index (κ3) is 7.51. The van der Waals surface area contributed by atoms with E-state index in [0.717, 1.165) is 41.5 Å². The molecule has 1 saturated carbocycles. The summed E-state index contributed by atoms with van der Waals surface area (Å²) in [6.07, 6.45) is 4.04. The van der Waals surface area contributed by atoms with Crippen LogP contribution in [0.2, 0.25) is 0 Å². The highest BCUT2D eigenvalue weighted by atomic mass is 19.1. The summed E-state index contributed by atoms with van der Waals surface area (Å²) >= 11 is 0. The Bertz CT molecular complexity index is 2820. The van der Waals surface area contributed by atoms with Crippen molar-refractivity contribution in [3.8, 4) is 22.9 Å². The van der Waals surface area contributed by atoms with E-state index < -0.39 is 17.0 Å². The van der Waals surface area contributed by atoms with E-state index in [1.165, 1.54) is 6.07 Å². The van der Waals surface area contributed by atoms with E-state index in [1.54, 1.807) is 6.92 Å². The molecule has 0 unspecified atom stereocenters. The van der Waals surface area contributed by atoms with Gasteiger partial charge in [0.25, 0.3) is 0 Å². The fourth-order valence-corrected chi connectivity index (χ4v) is 10.4. The first kappa shape index (κ1) is 42.4. The molecule has 2 aliphatic heterocycles. The number of aromatic nitrogens is 4. The molecule has 5 aromatic carbocycles. The molecule has 4 heterocycles. The summed E-state index contributed by atoms with van der Waals surface area (Å²) in [6.45, 7) is 11.0. The van der Waals surface area contributed by atoms with Gasteiger partial charge in [-0.2, -0.15) is 15.1 Å². The Labute approximate surface area is 379 Å². The Kier molecular flexibility index (Phi) is 10.6. The minimum atomic E-state index is -0.943. The van der Waals surface area contributed by atoms with E-state index in [2.05, 4.69) is 47.4 Å². The van der Waals surface area contributed by atoms with E-state index >= 15 is 4.39 Å². The first-order valence-corrected chi connectivity index (χ1v) is 22.7. The topological polar surface area (TPSA) is 109 Å². The van der Waals surface area contributed by atoms with Gasteiger partial charge in [-0.05, 0) is 108 Å². The summed E-state index contributed by atoms with van der Waals surface area (Å²) < 4.78 is 30.9. The van der Waals surface area contributed by atoms with Crippen LogP contribution < -0.4 is 9.64 Å². The highest BCUT2D eigenvalue weighted by Gasteiger charge is 2.48. The maximum Gasteiger partial charge on any atom is 0.410 e. The van der Waals surface area contributed by atoms with Gasteiger partial charge in [-0.1, -0.05) is 91.0 Å². The Morgan fingerprint density at radius 2 is 1.48 bits per heavy atom. The average molecular weight is 874 g/mol. The van der Waals surface area contributed by atoms with Crippen LogP contribution >= 0.6 is 0 Å². The first-order valence-electron chi connectivity index (χ1n) is 22.7. The first-order chi connectivity index (χ1) is 31.2. The summed E-state index contributed by atoms with van der Waals surface area (Å²) in [5, 5.41) is 19.6. The van der Waals surface area contributed by atoms with Crippen molar-refractivity contribution in [2.24, 2.45) is 0 Å². The molecule has 3 atom stereocenters. The molecular formula is C53H56FN7O4. The number of phenols is 1. The van der Waals surface area contributed by atoms with Gasteiger partial charge in [0.1, 0.15) is 40.1 Å². The highest BCUT2D eigenvalue weighted by Crippen LogP contribution is 2.54. The van der Waals surface area contributed by atoms with Crippen molar-refractivity contribution in [2.45, 2.75) is 89.1 Å². The van der Waals surface area contributed by atoms with Crippen LogP contribution in [0.4, 0.5) is 15.0 Å². The molecule has 10 rings (SSSR count). The van der Waals surface area contributed by atoms with E-state index in [-0.39, 0.29) is 42.0 Å². The number of halogens is 1.